The molecule has 0 spiro atoms. The number of aromatic nitrogens is 4. The molecule has 5 heteroatoms. The van der Waals surface area contributed by atoms with Gasteiger partial charge in [-0.2, -0.15) is 5.10 Å². The number of hydrogen-bond donors (Lipinski definition) is 1. The van der Waals surface area contributed by atoms with E-state index in [9.17, 15) is 0 Å². The lowest BCUT2D eigenvalue weighted by Crippen LogP contribution is -2.35. The Labute approximate surface area is 107 Å². The van der Waals surface area contributed by atoms with E-state index in [-0.39, 0.29) is 5.54 Å². The van der Waals surface area contributed by atoms with E-state index in [1.165, 1.54) is 0 Å². The Morgan fingerprint density at radius 1 is 1.28 bits per heavy atom. The molecular weight excluding hydrogens is 226 g/mol. The summed E-state index contributed by atoms with van der Waals surface area (Å²) in [6.07, 6.45) is 3.56. The van der Waals surface area contributed by atoms with Crippen molar-refractivity contribution >= 4 is 0 Å². The first-order valence-corrected chi connectivity index (χ1v) is 6.04. The minimum Gasteiger partial charge on any atom is -0.306 e. The molecule has 0 radical (unpaired) electrons. The fourth-order valence-electron chi connectivity index (χ4n) is 1.55. The second kappa shape index (κ2) is 4.86. The van der Waals surface area contributed by atoms with Gasteiger partial charge in [0.15, 0.2) is 0 Å². The first-order valence-electron chi connectivity index (χ1n) is 6.04. The minimum absolute atomic E-state index is 0.0741. The predicted octanol–water partition coefficient (Wildman–Crippen LogP) is 1.86. The first kappa shape index (κ1) is 12.7. The van der Waals surface area contributed by atoms with Crippen molar-refractivity contribution in [1.82, 2.24) is 25.1 Å². The van der Waals surface area contributed by atoms with Crippen LogP contribution in [0.3, 0.4) is 0 Å². The van der Waals surface area contributed by atoms with Gasteiger partial charge in [0.2, 0.25) is 0 Å². The molecule has 2 heterocycles. The molecule has 0 saturated heterocycles. The van der Waals surface area contributed by atoms with Crippen LogP contribution in [-0.2, 0) is 6.54 Å². The van der Waals surface area contributed by atoms with Crippen molar-refractivity contribution in [2.24, 2.45) is 0 Å². The predicted molar refractivity (Wildman–Crippen MR) is 70.5 cm³/mol. The summed E-state index contributed by atoms with van der Waals surface area (Å²) in [6.45, 7) is 9.09. The van der Waals surface area contributed by atoms with Gasteiger partial charge in [-0.3, -0.25) is 0 Å². The van der Waals surface area contributed by atoms with Crippen molar-refractivity contribution in [1.29, 1.82) is 0 Å². The zero-order valence-electron chi connectivity index (χ0n) is 11.3. The monoisotopic (exact) mass is 245 g/mol. The maximum Gasteiger partial charge on any atom is 0.250 e. The second-order valence-electron chi connectivity index (χ2n) is 5.35. The van der Waals surface area contributed by atoms with Gasteiger partial charge in [-0.1, -0.05) is 0 Å². The fourth-order valence-corrected chi connectivity index (χ4v) is 1.55. The number of hydrogen-bond acceptors (Lipinski definition) is 4. The van der Waals surface area contributed by atoms with Crippen LogP contribution in [0.25, 0.3) is 5.95 Å². The minimum atomic E-state index is 0.0741. The molecular formula is C13H19N5. The van der Waals surface area contributed by atoms with Gasteiger partial charge in [-0.25, -0.2) is 14.6 Å². The molecule has 5 nitrogen and oxygen atoms in total. The highest BCUT2D eigenvalue weighted by Crippen LogP contribution is 2.06. The van der Waals surface area contributed by atoms with Gasteiger partial charge in [0.05, 0.1) is 5.69 Å². The topological polar surface area (TPSA) is 55.6 Å². The van der Waals surface area contributed by atoms with Crippen molar-refractivity contribution in [3.63, 3.8) is 0 Å². The van der Waals surface area contributed by atoms with E-state index in [1.807, 2.05) is 25.3 Å². The Balaban J connectivity index is 2.22. The zero-order chi connectivity index (χ0) is 13.2. The van der Waals surface area contributed by atoms with E-state index in [2.05, 4.69) is 41.2 Å². The van der Waals surface area contributed by atoms with Crippen LogP contribution in [0.4, 0.5) is 0 Å². The average molecular weight is 245 g/mol. The van der Waals surface area contributed by atoms with E-state index in [1.54, 1.807) is 10.9 Å². The van der Waals surface area contributed by atoms with Crippen LogP contribution < -0.4 is 5.32 Å². The molecule has 0 fully saturated rings. The Morgan fingerprint density at radius 2 is 2.06 bits per heavy atom. The summed E-state index contributed by atoms with van der Waals surface area (Å²) in [6, 6.07) is 3.85. The summed E-state index contributed by atoms with van der Waals surface area (Å²) in [7, 11) is 0. The zero-order valence-corrected chi connectivity index (χ0v) is 11.3. The number of nitrogens with one attached hydrogen (secondary N) is 1. The number of nitrogens with zero attached hydrogens (tertiary/aromatic N) is 4. The normalized spacial score (nSPS) is 11.8. The van der Waals surface area contributed by atoms with Crippen molar-refractivity contribution < 1.29 is 0 Å². The third-order valence-electron chi connectivity index (χ3n) is 2.40. The largest absolute Gasteiger partial charge is 0.306 e. The van der Waals surface area contributed by atoms with E-state index in [0.717, 1.165) is 17.9 Å². The van der Waals surface area contributed by atoms with E-state index < -0.39 is 0 Å². The molecule has 0 aromatic carbocycles. The van der Waals surface area contributed by atoms with Gasteiger partial charge < -0.3 is 5.32 Å². The molecule has 2 aromatic heterocycles. The molecule has 1 N–H and O–H groups in total. The van der Waals surface area contributed by atoms with Gasteiger partial charge in [-0.15, -0.1) is 0 Å². The van der Waals surface area contributed by atoms with Crippen molar-refractivity contribution in [3.8, 4) is 5.95 Å². The fraction of sp³-hybridized carbons (Fsp3) is 0.462. The Hall–Kier alpha value is -1.75. The van der Waals surface area contributed by atoms with Crippen LogP contribution in [0.1, 0.15) is 32.2 Å². The van der Waals surface area contributed by atoms with E-state index >= 15 is 0 Å². The molecule has 0 amide bonds. The highest BCUT2D eigenvalue weighted by atomic mass is 15.3. The second-order valence-corrected chi connectivity index (χ2v) is 5.35. The SMILES string of the molecule is Cc1cc(CNC(C)(C)C)nc(-n2cccn2)n1. The number of aryl methyl sites for hydroxylation is 1. The van der Waals surface area contributed by atoms with Crippen LogP contribution in [0.2, 0.25) is 0 Å². The smallest absolute Gasteiger partial charge is 0.250 e. The summed E-state index contributed by atoms with van der Waals surface area (Å²) in [5, 5.41) is 7.57. The molecule has 18 heavy (non-hydrogen) atoms. The van der Waals surface area contributed by atoms with Crippen LogP contribution in [0.15, 0.2) is 24.5 Å². The lowest BCUT2D eigenvalue weighted by molar-refractivity contribution is 0.420. The first-order chi connectivity index (χ1) is 8.44. The van der Waals surface area contributed by atoms with Crippen LogP contribution in [-0.4, -0.2) is 25.3 Å². The Bertz CT molecular complexity index is 511. The quantitative estimate of drug-likeness (QED) is 0.896. The van der Waals surface area contributed by atoms with Crippen LogP contribution in [0, 0.1) is 6.92 Å². The summed E-state index contributed by atoms with van der Waals surface area (Å²) in [5.74, 6) is 0.616. The summed E-state index contributed by atoms with van der Waals surface area (Å²) >= 11 is 0. The van der Waals surface area contributed by atoms with Crippen LogP contribution >= 0.6 is 0 Å². The molecule has 0 bridgehead atoms. The molecule has 0 saturated carbocycles. The Kier molecular flexibility index (Phi) is 3.43. The van der Waals surface area contributed by atoms with Crippen molar-refractivity contribution in [2.45, 2.75) is 39.8 Å². The molecule has 96 valence electrons. The van der Waals surface area contributed by atoms with Crippen LogP contribution in [0.5, 0.6) is 0 Å². The third-order valence-corrected chi connectivity index (χ3v) is 2.40. The highest BCUT2D eigenvalue weighted by molar-refractivity contribution is 5.18. The van der Waals surface area contributed by atoms with Crippen molar-refractivity contribution in [3.05, 3.63) is 35.9 Å². The van der Waals surface area contributed by atoms with Gasteiger partial charge in [0, 0.05) is 30.2 Å². The van der Waals surface area contributed by atoms with Gasteiger partial charge in [0.1, 0.15) is 0 Å². The molecule has 2 rings (SSSR count). The molecule has 2 aromatic rings. The Morgan fingerprint density at radius 3 is 2.67 bits per heavy atom. The molecule has 0 unspecified atom stereocenters. The maximum absolute atomic E-state index is 4.51. The third kappa shape index (κ3) is 3.37. The van der Waals surface area contributed by atoms with Gasteiger partial charge in [0.25, 0.3) is 5.95 Å². The van der Waals surface area contributed by atoms with E-state index in [4.69, 9.17) is 0 Å². The lowest BCUT2D eigenvalue weighted by Gasteiger charge is -2.20. The van der Waals surface area contributed by atoms with Gasteiger partial charge in [-0.05, 0) is 39.8 Å². The van der Waals surface area contributed by atoms with Gasteiger partial charge >= 0.3 is 0 Å². The summed E-state index contributed by atoms with van der Waals surface area (Å²) < 4.78 is 1.67. The van der Waals surface area contributed by atoms with E-state index in [0.29, 0.717) is 5.95 Å². The van der Waals surface area contributed by atoms with Crippen molar-refractivity contribution in [2.75, 3.05) is 0 Å². The summed E-state index contributed by atoms with van der Waals surface area (Å²) in [5.41, 5.74) is 1.99. The maximum atomic E-state index is 4.51. The highest BCUT2D eigenvalue weighted by Gasteiger charge is 2.10. The average Bonchev–Trinajstić information content (AvgIpc) is 2.78. The molecule has 0 aliphatic heterocycles. The molecule has 0 aliphatic rings. The lowest BCUT2D eigenvalue weighted by atomic mass is 10.1. The standard InChI is InChI=1S/C13H19N5/c1-10-8-11(9-14-13(2,3)4)17-12(16-10)18-7-5-6-15-18/h5-8,14H,9H2,1-4H3. The number of rotatable bonds is 3. The molecule has 0 aliphatic carbocycles. The molecule has 0 atom stereocenters. The summed E-state index contributed by atoms with van der Waals surface area (Å²) in [4.78, 5) is 8.89.